The monoisotopic (exact) mass is 277 g/mol. The summed E-state index contributed by atoms with van der Waals surface area (Å²) in [6.07, 6.45) is 0. The Kier molecular flexibility index (Phi) is 3.57. The van der Waals surface area contributed by atoms with E-state index >= 15 is 0 Å². The summed E-state index contributed by atoms with van der Waals surface area (Å²) in [6, 6.07) is 13.7. The van der Waals surface area contributed by atoms with Crippen LogP contribution >= 0.6 is 15.9 Å². The fraction of sp³-hybridized carbons (Fsp3) is 0.154. The fourth-order valence-corrected chi connectivity index (χ4v) is 1.79. The lowest BCUT2D eigenvalue weighted by Gasteiger charge is -2.07. The van der Waals surface area contributed by atoms with Crippen LogP contribution in [0.25, 0.3) is 0 Å². The lowest BCUT2D eigenvalue weighted by atomic mass is 10.3. The lowest BCUT2D eigenvalue weighted by molar-refractivity contribution is 0.299. The Morgan fingerprint density at radius 3 is 2.69 bits per heavy atom. The van der Waals surface area contributed by atoms with Gasteiger partial charge in [-0.25, -0.2) is 0 Å². The Balaban J connectivity index is 2.05. The maximum atomic E-state index is 5.67. The SMILES string of the molecule is Cc1cccc(COc2ccccc2Br)n1. The van der Waals surface area contributed by atoms with E-state index < -0.39 is 0 Å². The Morgan fingerprint density at radius 1 is 1.12 bits per heavy atom. The topological polar surface area (TPSA) is 22.1 Å². The van der Waals surface area contributed by atoms with E-state index in [1.165, 1.54) is 0 Å². The second-order valence-corrected chi connectivity index (χ2v) is 4.34. The first-order valence-electron chi connectivity index (χ1n) is 5.05. The average Bonchev–Trinajstić information content (AvgIpc) is 2.28. The Labute approximate surface area is 103 Å². The summed E-state index contributed by atoms with van der Waals surface area (Å²) in [6.45, 7) is 2.46. The molecule has 2 rings (SSSR count). The van der Waals surface area contributed by atoms with Crippen molar-refractivity contribution in [3.63, 3.8) is 0 Å². The predicted molar refractivity (Wildman–Crippen MR) is 67.4 cm³/mol. The van der Waals surface area contributed by atoms with Gasteiger partial charge in [0.05, 0.1) is 10.2 Å². The van der Waals surface area contributed by atoms with Gasteiger partial charge in [-0.3, -0.25) is 4.98 Å². The van der Waals surface area contributed by atoms with Gasteiger partial charge < -0.3 is 4.74 Å². The quantitative estimate of drug-likeness (QED) is 0.853. The number of hydrogen-bond donors (Lipinski definition) is 0. The third kappa shape index (κ3) is 2.83. The summed E-state index contributed by atoms with van der Waals surface area (Å²) in [5.74, 6) is 0.839. The van der Waals surface area contributed by atoms with Crippen LogP contribution in [0, 0.1) is 6.92 Å². The summed E-state index contributed by atoms with van der Waals surface area (Å²) in [4.78, 5) is 4.38. The summed E-state index contributed by atoms with van der Waals surface area (Å²) in [5, 5.41) is 0. The first kappa shape index (κ1) is 11.1. The number of hydrogen-bond acceptors (Lipinski definition) is 2. The first-order chi connectivity index (χ1) is 7.75. The van der Waals surface area contributed by atoms with Gasteiger partial charge in [0, 0.05) is 5.69 Å². The number of aromatic nitrogens is 1. The zero-order valence-corrected chi connectivity index (χ0v) is 10.6. The minimum Gasteiger partial charge on any atom is -0.486 e. The van der Waals surface area contributed by atoms with Gasteiger partial charge in [-0.2, -0.15) is 0 Å². The molecule has 0 bridgehead atoms. The van der Waals surface area contributed by atoms with Crippen LogP contribution in [0.15, 0.2) is 46.9 Å². The fourth-order valence-electron chi connectivity index (χ4n) is 1.39. The van der Waals surface area contributed by atoms with Crippen LogP contribution in [-0.2, 0) is 6.61 Å². The maximum absolute atomic E-state index is 5.67. The predicted octanol–water partition coefficient (Wildman–Crippen LogP) is 3.73. The number of nitrogens with zero attached hydrogens (tertiary/aromatic N) is 1. The van der Waals surface area contributed by atoms with Gasteiger partial charge in [0.2, 0.25) is 0 Å². The zero-order chi connectivity index (χ0) is 11.4. The number of para-hydroxylation sites is 1. The van der Waals surface area contributed by atoms with Crippen molar-refractivity contribution in [3.05, 3.63) is 58.3 Å². The highest BCUT2D eigenvalue weighted by Crippen LogP contribution is 2.24. The molecule has 0 aliphatic carbocycles. The minimum absolute atomic E-state index is 0.490. The van der Waals surface area contributed by atoms with Crippen LogP contribution in [0.1, 0.15) is 11.4 Å². The summed E-state index contributed by atoms with van der Waals surface area (Å²) in [5.41, 5.74) is 1.95. The van der Waals surface area contributed by atoms with Crippen molar-refractivity contribution < 1.29 is 4.74 Å². The molecular weight excluding hydrogens is 266 g/mol. The number of ether oxygens (including phenoxy) is 1. The van der Waals surface area contributed by atoms with Crippen molar-refractivity contribution in [2.24, 2.45) is 0 Å². The standard InChI is InChI=1S/C13H12BrNO/c1-10-5-4-6-11(15-10)9-16-13-8-3-2-7-12(13)14/h2-8H,9H2,1H3. The highest BCUT2D eigenvalue weighted by Gasteiger charge is 2.00. The molecule has 0 spiro atoms. The van der Waals surface area contributed by atoms with Crippen molar-refractivity contribution in [3.8, 4) is 5.75 Å². The number of halogens is 1. The molecule has 0 saturated carbocycles. The van der Waals surface area contributed by atoms with Gasteiger partial charge in [-0.15, -0.1) is 0 Å². The molecule has 1 aromatic heterocycles. The largest absolute Gasteiger partial charge is 0.486 e. The van der Waals surface area contributed by atoms with Gasteiger partial charge in [0.1, 0.15) is 12.4 Å². The van der Waals surface area contributed by atoms with Gasteiger partial charge in [-0.1, -0.05) is 18.2 Å². The summed E-state index contributed by atoms with van der Waals surface area (Å²) < 4.78 is 6.63. The highest BCUT2D eigenvalue weighted by atomic mass is 79.9. The van der Waals surface area contributed by atoms with Gasteiger partial charge >= 0.3 is 0 Å². The number of rotatable bonds is 3. The third-order valence-electron chi connectivity index (χ3n) is 2.16. The smallest absolute Gasteiger partial charge is 0.134 e. The van der Waals surface area contributed by atoms with E-state index in [9.17, 15) is 0 Å². The Morgan fingerprint density at radius 2 is 1.94 bits per heavy atom. The molecule has 0 radical (unpaired) electrons. The van der Waals surface area contributed by atoms with Gasteiger partial charge in [-0.05, 0) is 47.1 Å². The van der Waals surface area contributed by atoms with E-state index in [1.54, 1.807) is 0 Å². The van der Waals surface area contributed by atoms with E-state index in [1.807, 2.05) is 49.4 Å². The molecule has 0 aliphatic heterocycles. The van der Waals surface area contributed by atoms with Crippen molar-refractivity contribution in [2.75, 3.05) is 0 Å². The van der Waals surface area contributed by atoms with E-state index in [0.29, 0.717) is 6.61 Å². The van der Waals surface area contributed by atoms with E-state index in [2.05, 4.69) is 20.9 Å². The normalized spacial score (nSPS) is 10.1. The van der Waals surface area contributed by atoms with Crippen LogP contribution in [0.3, 0.4) is 0 Å². The molecule has 3 heteroatoms. The van der Waals surface area contributed by atoms with Crippen molar-refractivity contribution >= 4 is 15.9 Å². The second kappa shape index (κ2) is 5.12. The Hall–Kier alpha value is -1.35. The molecule has 0 fully saturated rings. The Bertz CT molecular complexity index is 485. The van der Waals surface area contributed by atoms with E-state index in [4.69, 9.17) is 4.74 Å². The second-order valence-electron chi connectivity index (χ2n) is 3.49. The number of pyridine rings is 1. The molecule has 16 heavy (non-hydrogen) atoms. The minimum atomic E-state index is 0.490. The van der Waals surface area contributed by atoms with Gasteiger partial charge in [0.15, 0.2) is 0 Å². The zero-order valence-electron chi connectivity index (χ0n) is 8.98. The summed E-state index contributed by atoms with van der Waals surface area (Å²) in [7, 11) is 0. The van der Waals surface area contributed by atoms with Crippen LogP contribution in [0.5, 0.6) is 5.75 Å². The van der Waals surface area contributed by atoms with E-state index in [0.717, 1.165) is 21.6 Å². The van der Waals surface area contributed by atoms with Crippen molar-refractivity contribution in [1.29, 1.82) is 0 Å². The number of aryl methyl sites for hydroxylation is 1. The third-order valence-corrected chi connectivity index (χ3v) is 2.81. The average molecular weight is 278 g/mol. The van der Waals surface area contributed by atoms with Crippen LogP contribution in [0.4, 0.5) is 0 Å². The maximum Gasteiger partial charge on any atom is 0.134 e. The molecule has 1 aromatic carbocycles. The van der Waals surface area contributed by atoms with Crippen molar-refractivity contribution in [1.82, 2.24) is 4.98 Å². The van der Waals surface area contributed by atoms with Crippen LogP contribution in [-0.4, -0.2) is 4.98 Å². The molecule has 2 nitrogen and oxygen atoms in total. The van der Waals surface area contributed by atoms with Crippen LogP contribution < -0.4 is 4.74 Å². The van der Waals surface area contributed by atoms with Crippen LogP contribution in [0.2, 0.25) is 0 Å². The summed E-state index contributed by atoms with van der Waals surface area (Å²) >= 11 is 3.44. The molecule has 0 aliphatic rings. The molecule has 0 unspecified atom stereocenters. The lowest BCUT2D eigenvalue weighted by Crippen LogP contribution is -1.99. The molecule has 0 saturated heterocycles. The first-order valence-corrected chi connectivity index (χ1v) is 5.85. The molecule has 0 amide bonds. The molecule has 1 heterocycles. The molecule has 0 atom stereocenters. The van der Waals surface area contributed by atoms with Gasteiger partial charge in [0.25, 0.3) is 0 Å². The van der Waals surface area contributed by atoms with Crippen molar-refractivity contribution in [2.45, 2.75) is 13.5 Å². The molecule has 2 aromatic rings. The van der Waals surface area contributed by atoms with E-state index in [-0.39, 0.29) is 0 Å². The molecule has 0 N–H and O–H groups in total. The highest BCUT2D eigenvalue weighted by molar-refractivity contribution is 9.10. The number of benzene rings is 1. The molecule has 82 valence electrons. The molecular formula is C13H12BrNO.